The molecule has 16 heavy (non-hydrogen) atoms. The molecule has 5 heteroatoms. The lowest BCUT2D eigenvalue weighted by Crippen LogP contribution is -2.21. The largest absolute Gasteiger partial charge is 0.376 e. The maximum Gasteiger partial charge on any atom is 0.221 e. The van der Waals surface area contributed by atoms with E-state index >= 15 is 0 Å². The predicted octanol–water partition coefficient (Wildman–Crippen LogP) is 1.92. The van der Waals surface area contributed by atoms with Gasteiger partial charge in [0.1, 0.15) is 0 Å². The Morgan fingerprint density at radius 2 is 1.94 bits per heavy atom. The van der Waals surface area contributed by atoms with Crippen LogP contribution in [0.25, 0.3) is 0 Å². The number of nitrogens with one attached hydrogen (secondary N) is 2. The molecule has 0 atom stereocenters. The number of rotatable bonds is 2. The molecule has 0 aliphatic carbocycles. The van der Waals surface area contributed by atoms with Crippen molar-refractivity contribution in [3.05, 3.63) is 23.3 Å². The minimum Gasteiger partial charge on any atom is -0.376 e. The quantitative estimate of drug-likeness (QED) is 0.687. The predicted molar refractivity (Wildman–Crippen MR) is 70.6 cm³/mol. The van der Waals surface area contributed by atoms with E-state index < -0.39 is 0 Å². The molecule has 1 rings (SSSR count). The van der Waals surface area contributed by atoms with E-state index in [1.54, 1.807) is 0 Å². The van der Waals surface area contributed by atoms with E-state index in [4.69, 9.17) is 18.0 Å². The molecule has 0 aromatic heterocycles. The van der Waals surface area contributed by atoms with Crippen LogP contribution in [0.15, 0.2) is 12.1 Å². The van der Waals surface area contributed by atoms with Gasteiger partial charge in [-0.25, -0.2) is 0 Å². The average Bonchev–Trinajstić information content (AvgIpc) is 2.09. The van der Waals surface area contributed by atoms with Crippen LogP contribution in [-0.2, 0) is 4.79 Å². The van der Waals surface area contributed by atoms with Gasteiger partial charge in [0.05, 0.1) is 11.4 Å². The summed E-state index contributed by atoms with van der Waals surface area (Å²) in [5.74, 6) is -0.127. The molecular weight excluding hydrogens is 222 g/mol. The van der Waals surface area contributed by atoms with Gasteiger partial charge in [0, 0.05) is 6.92 Å². The molecule has 0 saturated heterocycles. The van der Waals surface area contributed by atoms with Gasteiger partial charge in [-0.1, -0.05) is 6.07 Å². The third-order valence-electron chi connectivity index (χ3n) is 2.04. The molecule has 0 radical (unpaired) electrons. The fourth-order valence-corrected chi connectivity index (χ4v) is 1.65. The van der Waals surface area contributed by atoms with Crippen LogP contribution >= 0.6 is 12.2 Å². The number of hydrogen-bond acceptors (Lipinski definition) is 2. The molecule has 86 valence electrons. The average molecular weight is 237 g/mol. The van der Waals surface area contributed by atoms with Gasteiger partial charge >= 0.3 is 0 Å². The van der Waals surface area contributed by atoms with Gasteiger partial charge in [-0.05, 0) is 43.3 Å². The van der Waals surface area contributed by atoms with Crippen molar-refractivity contribution in [1.29, 1.82) is 0 Å². The number of thiocarbonyl (C=S) groups is 1. The van der Waals surface area contributed by atoms with Crippen LogP contribution in [0.5, 0.6) is 0 Å². The van der Waals surface area contributed by atoms with Crippen molar-refractivity contribution in [3.63, 3.8) is 0 Å². The number of amides is 1. The second kappa shape index (κ2) is 4.94. The van der Waals surface area contributed by atoms with Crippen LogP contribution in [0.2, 0.25) is 0 Å². The van der Waals surface area contributed by atoms with Crippen LogP contribution in [0, 0.1) is 13.8 Å². The van der Waals surface area contributed by atoms with Crippen LogP contribution in [0.3, 0.4) is 0 Å². The summed E-state index contributed by atoms with van der Waals surface area (Å²) in [4.78, 5) is 11.1. The van der Waals surface area contributed by atoms with E-state index in [1.807, 2.05) is 26.0 Å². The normalized spacial score (nSPS) is 9.69. The van der Waals surface area contributed by atoms with Crippen molar-refractivity contribution in [2.75, 3.05) is 10.6 Å². The summed E-state index contributed by atoms with van der Waals surface area (Å²) in [7, 11) is 0. The number of carbonyl (C=O) groups is 1. The maximum absolute atomic E-state index is 11.1. The molecule has 0 aliphatic heterocycles. The number of hydrogen-bond donors (Lipinski definition) is 3. The summed E-state index contributed by atoms with van der Waals surface area (Å²) in [5, 5.41) is 5.79. The smallest absolute Gasteiger partial charge is 0.221 e. The van der Waals surface area contributed by atoms with Crippen LogP contribution < -0.4 is 16.4 Å². The maximum atomic E-state index is 11.1. The monoisotopic (exact) mass is 237 g/mol. The summed E-state index contributed by atoms with van der Waals surface area (Å²) >= 11 is 4.79. The SMILES string of the molecule is CC(=O)Nc1c(C)cc(C)cc1NC(N)=S. The van der Waals surface area contributed by atoms with E-state index in [0.29, 0.717) is 5.69 Å². The van der Waals surface area contributed by atoms with Crippen molar-refractivity contribution >= 4 is 34.6 Å². The molecule has 0 heterocycles. The summed E-state index contributed by atoms with van der Waals surface area (Å²) in [6, 6.07) is 3.87. The topological polar surface area (TPSA) is 67.2 Å². The molecule has 0 fully saturated rings. The van der Waals surface area contributed by atoms with E-state index in [-0.39, 0.29) is 11.0 Å². The first kappa shape index (κ1) is 12.4. The first-order valence-corrected chi connectivity index (χ1v) is 5.26. The summed E-state index contributed by atoms with van der Waals surface area (Å²) in [5.41, 5.74) is 8.91. The molecule has 0 unspecified atom stereocenters. The molecule has 4 nitrogen and oxygen atoms in total. The zero-order valence-corrected chi connectivity index (χ0v) is 10.4. The Morgan fingerprint density at radius 1 is 1.31 bits per heavy atom. The molecule has 4 N–H and O–H groups in total. The lowest BCUT2D eigenvalue weighted by atomic mass is 10.1. The molecule has 0 saturated carbocycles. The zero-order valence-electron chi connectivity index (χ0n) is 9.55. The number of aryl methyl sites for hydroxylation is 2. The molecule has 1 amide bonds. The highest BCUT2D eigenvalue weighted by molar-refractivity contribution is 7.80. The number of nitrogens with two attached hydrogens (primary N) is 1. The van der Waals surface area contributed by atoms with Crippen LogP contribution in [-0.4, -0.2) is 11.0 Å². The fourth-order valence-electron chi connectivity index (χ4n) is 1.54. The Labute approximate surface area is 100 Å². The summed E-state index contributed by atoms with van der Waals surface area (Å²) < 4.78 is 0. The van der Waals surface area contributed by atoms with Crippen molar-refractivity contribution in [2.24, 2.45) is 5.73 Å². The number of anilines is 2. The highest BCUT2D eigenvalue weighted by Gasteiger charge is 2.08. The molecule has 1 aromatic carbocycles. The minimum atomic E-state index is -0.127. The van der Waals surface area contributed by atoms with E-state index in [9.17, 15) is 4.79 Å². The van der Waals surface area contributed by atoms with Crippen molar-refractivity contribution in [3.8, 4) is 0 Å². The van der Waals surface area contributed by atoms with E-state index in [1.165, 1.54) is 6.92 Å². The number of benzene rings is 1. The second-order valence-corrected chi connectivity index (χ2v) is 4.11. The zero-order chi connectivity index (χ0) is 12.3. The van der Waals surface area contributed by atoms with Gasteiger partial charge in [-0.2, -0.15) is 0 Å². The number of carbonyl (C=O) groups excluding carboxylic acids is 1. The summed E-state index contributed by atoms with van der Waals surface area (Å²) in [6.45, 7) is 5.35. The van der Waals surface area contributed by atoms with Gasteiger partial charge in [0.15, 0.2) is 5.11 Å². The first-order valence-electron chi connectivity index (χ1n) is 4.85. The Morgan fingerprint density at radius 3 is 2.44 bits per heavy atom. The molecular formula is C11H15N3OS. The van der Waals surface area contributed by atoms with Gasteiger partial charge in [0.2, 0.25) is 5.91 Å². The minimum absolute atomic E-state index is 0.127. The highest BCUT2D eigenvalue weighted by atomic mass is 32.1. The van der Waals surface area contributed by atoms with Crippen LogP contribution in [0.1, 0.15) is 18.1 Å². The van der Waals surface area contributed by atoms with Crippen molar-refractivity contribution in [2.45, 2.75) is 20.8 Å². The Hall–Kier alpha value is -1.62. The third kappa shape index (κ3) is 3.20. The van der Waals surface area contributed by atoms with Crippen molar-refractivity contribution < 1.29 is 4.79 Å². The van der Waals surface area contributed by atoms with Gasteiger partial charge in [0.25, 0.3) is 0 Å². The highest BCUT2D eigenvalue weighted by Crippen LogP contribution is 2.27. The lowest BCUT2D eigenvalue weighted by molar-refractivity contribution is -0.114. The van der Waals surface area contributed by atoms with Gasteiger partial charge < -0.3 is 16.4 Å². The standard InChI is InChI=1S/C11H15N3OS/c1-6-4-7(2)10(13-8(3)15)9(5-6)14-11(12)16/h4-5H,1-3H3,(H,13,15)(H3,12,14,16). The third-order valence-corrected chi connectivity index (χ3v) is 2.14. The first-order chi connectivity index (χ1) is 7.40. The van der Waals surface area contributed by atoms with Gasteiger partial charge in [-0.15, -0.1) is 0 Å². The second-order valence-electron chi connectivity index (χ2n) is 3.67. The van der Waals surface area contributed by atoms with Crippen molar-refractivity contribution in [1.82, 2.24) is 0 Å². The van der Waals surface area contributed by atoms with E-state index in [0.717, 1.165) is 16.8 Å². The molecule has 0 aliphatic rings. The Balaban J connectivity index is 3.20. The Kier molecular flexibility index (Phi) is 3.84. The van der Waals surface area contributed by atoms with Gasteiger partial charge in [-0.3, -0.25) is 4.79 Å². The van der Waals surface area contributed by atoms with Crippen LogP contribution in [0.4, 0.5) is 11.4 Å². The Bertz CT molecular complexity index is 443. The van der Waals surface area contributed by atoms with E-state index in [2.05, 4.69) is 10.6 Å². The molecule has 0 spiro atoms. The fraction of sp³-hybridized carbons (Fsp3) is 0.273. The molecule has 1 aromatic rings. The summed E-state index contributed by atoms with van der Waals surface area (Å²) in [6.07, 6.45) is 0. The lowest BCUT2D eigenvalue weighted by Gasteiger charge is -2.15. The molecule has 0 bridgehead atoms.